The van der Waals surface area contributed by atoms with Gasteiger partial charge in [0.1, 0.15) is 5.82 Å². The molecule has 0 radical (unpaired) electrons. The lowest BCUT2D eigenvalue weighted by Crippen LogP contribution is -2.15. The molecule has 2 aromatic carbocycles. The topological polar surface area (TPSA) is 46.9 Å². The van der Waals surface area contributed by atoms with Crippen molar-refractivity contribution in [1.29, 1.82) is 0 Å². The molecule has 0 atom stereocenters. The van der Waals surface area contributed by atoms with Crippen LogP contribution in [0.1, 0.15) is 11.1 Å². The van der Waals surface area contributed by atoms with Crippen LogP contribution in [0.25, 0.3) is 5.69 Å². The first-order valence-corrected chi connectivity index (χ1v) is 10.5. The van der Waals surface area contributed by atoms with Crippen LogP contribution in [0.2, 0.25) is 5.02 Å². The SMILES string of the molecule is Cc1cc(C)c(NC(=O)CSc2nn(-c3ccc(F)cc3)c(=S)s2)c(Cl)c1. The van der Waals surface area contributed by atoms with Gasteiger partial charge in [0, 0.05) is 0 Å². The van der Waals surface area contributed by atoms with Crippen molar-refractivity contribution in [3.63, 3.8) is 0 Å². The third-order valence-electron chi connectivity index (χ3n) is 3.62. The Bertz CT molecular complexity index is 1020. The second-order valence-corrected chi connectivity index (χ2v) is 9.05. The fourth-order valence-corrected chi connectivity index (χ4v) is 4.97. The minimum atomic E-state index is -0.322. The number of halogens is 2. The van der Waals surface area contributed by atoms with E-state index in [9.17, 15) is 9.18 Å². The van der Waals surface area contributed by atoms with Crippen molar-refractivity contribution in [3.05, 3.63) is 62.3 Å². The Morgan fingerprint density at radius 3 is 2.70 bits per heavy atom. The predicted molar refractivity (Wildman–Crippen MR) is 113 cm³/mol. The molecule has 1 amide bonds. The van der Waals surface area contributed by atoms with Gasteiger partial charge in [-0.1, -0.05) is 40.8 Å². The highest BCUT2D eigenvalue weighted by molar-refractivity contribution is 8.01. The molecule has 0 aliphatic carbocycles. The summed E-state index contributed by atoms with van der Waals surface area (Å²) in [7, 11) is 0. The summed E-state index contributed by atoms with van der Waals surface area (Å²) in [5, 5.41) is 7.76. The highest BCUT2D eigenvalue weighted by atomic mass is 35.5. The second kappa shape index (κ2) is 8.52. The van der Waals surface area contributed by atoms with Gasteiger partial charge in [-0.3, -0.25) is 4.79 Å². The van der Waals surface area contributed by atoms with Crippen LogP contribution < -0.4 is 5.32 Å². The standard InChI is InChI=1S/C18H15ClFN3OS3/c1-10-7-11(2)16(14(19)8-10)21-15(24)9-26-17-22-23(18(25)27-17)13-5-3-12(20)4-6-13/h3-8H,9H2,1-2H3,(H,21,24). The highest BCUT2D eigenvalue weighted by Gasteiger charge is 2.12. The number of anilines is 1. The average Bonchev–Trinajstić information content (AvgIpc) is 2.98. The summed E-state index contributed by atoms with van der Waals surface area (Å²) in [6.07, 6.45) is 0. The maximum Gasteiger partial charge on any atom is 0.234 e. The molecule has 0 aliphatic heterocycles. The Balaban J connectivity index is 1.67. The third-order valence-corrected chi connectivity index (χ3v) is 6.29. The number of carbonyl (C=O) groups is 1. The molecule has 3 aromatic rings. The lowest BCUT2D eigenvalue weighted by Gasteiger charge is -2.11. The van der Waals surface area contributed by atoms with Crippen LogP contribution in [0.3, 0.4) is 0 Å². The molecule has 3 rings (SSSR count). The van der Waals surface area contributed by atoms with E-state index >= 15 is 0 Å². The summed E-state index contributed by atoms with van der Waals surface area (Å²) in [6, 6.07) is 9.69. The molecular weight excluding hydrogens is 425 g/mol. The van der Waals surface area contributed by atoms with Gasteiger partial charge in [0.15, 0.2) is 8.29 Å². The van der Waals surface area contributed by atoms with E-state index in [4.69, 9.17) is 23.8 Å². The van der Waals surface area contributed by atoms with Crippen LogP contribution in [-0.4, -0.2) is 21.4 Å². The molecule has 4 nitrogen and oxygen atoms in total. The Morgan fingerprint density at radius 1 is 1.33 bits per heavy atom. The molecule has 1 N–H and O–H groups in total. The van der Waals surface area contributed by atoms with Crippen LogP contribution in [0.4, 0.5) is 10.1 Å². The van der Waals surface area contributed by atoms with Gasteiger partial charge < -0.3 is 5.32 Å². The average molecular weight is 440 g/mol. The Morgan fingerprint density at radius 2 is 2.04 bits per heavy atom. The van der Waals surface area contributed by atoms with Crippen LogP contribution >= 0.6 is 46.9 Å². The summed E-state index contributed by atoms with van der Waals surface area (Å²) in [5.41, 5.74) is 3.25. The number of hydrogen-bond donors (Lipinski definition) is 1. The van der Waals surface area contributed by atoms with Gasteiger partial charge in [-0.2, -0.15) is 0 Å². The fraction of sp³-hybridized carbons (Fsp3) is 0.167. The number of benzene rings is 2. The number of nitrogens with one attached hydrogen (secondary N) is 1. The zero-order valence-corrected chi connectivity index (χ0v) is 17.7. The molecule has 0 spiro atoms. The van der Waals surface area contributed by atoms with Crippen LogP contribution in [-0.2, 0) is 4.79 Å². The third kappa shape index (κ3) is 4.95. The summed E-state index contributed by atoms with van der Waals surface area (Å²) in [6.45, 7) is 3.85. The monoisotopic (exact) mass is 439 g/mol. The molecule has 140 valence electrons. The first-order chi connectivity index (χ1) is 12.8. The predicted octanol–water partition coefficient (Wildman–Crippen LogP) is 5.80. The van der Waals surface area contributed by atoms with E-state index < -0.39 is 0 Å². The van der Waals surface area contributed by atoms with Gasteiger partial charge in [-0.25, -0.2) is 9.07 Å². The zero-order valence-electron chi connectivity index (χ0n) is 14.5. The number of amides is 1. The maximum atomic E-state index is 13.1. The second-order valence-electron chi connectivity index (χ2n) is 5.80. The van der Waals surface area contributed by atoms with Gasteiger partial charge in [-0.15, -0.1) is 5.10 Å². The summed E-state index contributed by atoms with van der Waals surface area (Å²) < 4.78 is 15.8. The molecule has 0 fully saturated rings. The molecule has 0 unspecified atom stereocenters. The number of rotatable bonds is 5. The number of aromatic nitrogens is 2. The molecule has 27 heavy (non-hydrogen) atoms. The zero-order chi connectivity index (χ0) is 19.6. The van der Waals surface area contributed by atoms with Gasteiger partial charge in [0.2, 0.25) is 5.91 Å². The number of aryl methyl sites for hydroxylation is 2. The maximum absolute atomic E-state index is 13.1. The molecule has 0 aliphatic rings. The highest BCUT2D eigenvalue weighted by Crippen LogP contribution is 2.28. The van der Waals surface area contributed by atoms with Crippen molar-refractivity contribution >= 4 is 58.5 Å². The van der Waals surface area contributed by atoms with Crippen molar-refractivity contribution in [2.45, 2.75) is 18.2 Å². The first kappa shape index (κ1) is 20.0. The normalized spacial score (nSPS) is 10.8. The molecule has 9 heteroatoms. The molecular formula is C18H15ClFN3OS3. The summed E-state index contributed by atoms with van der Waals surface area (Å²) in [5.74, 6) is -0.324. The number of thioether (sulfide) groups is 1. The van der Waals surface area contributed by atoms with E-state index in [-0.39, 0.29) is 17.5 Å². The molecule has 1 heterocycles. The number of hydrogen-bond acceptors (Lipinski definition) is 5. The number of carbonyl (C=O) groups excluding carboxylic acids is 1. The Labute approximate surface area is 174 Å². The smallest absolute Gasteiger partial charge is 0.234 e. The fourth-order valence-electron chi connectivity index (χ4n) is 2.44. The lowest BCUT2D eigenvalue weighted by molar-refractivity contribution is -0.113. The van der Waals surface area contributed by atoms with Crippen LogP contribution in [0.5, 0.6) is 0 Å². The first-order valence-electron chi connectivity index (χ1n) is 7.89. The van der Waals surface area contributed by atoms with Gasteiger partial charge in [-0.05, 0) is 67.5 Å². The molecule has 0 saturated carbocycles. The molecule has 0 saturated heterocycles. The van der Waals surface area contributed by atoms with Crippen molar-refractivity contribution in [3.8, 4) is 5.69 Å². The summed E-state index contributed by atoms with van der Waals surface area (Å²) >= 11 is 14.1. The minimum absolute atomic E-state index is 0.176. The van der Waals surface area contributed by atoms with E-state index in [0.717, 1.165) is 11.1 Å². The van der Waals surface area contributed by atoms with Gasteiger partial charge >= 0.3 is 0 Å². The van der Waals surface area contributed by atoms with Crippen LogP contribution in [0, 0.1) is 23.6 Å². The van der Waals surface area contributed by atoms with Crippen molar-refractivity contribution in [1.82, 2.24) is 9.78 Å². The number of nitrogens with zero attached hydrogens (tertiary/aromatic N) is 2. The van der Waals surface area contributed by atoms with Crippen molar-refractivity contribution < 1.29 is 9.18 Å². The quantitative estimate of drug-likeness (QED) is 0.403. The van der Waals surface area contributed by atoms with Crippen molar-refractivity contribution in [2.24, 2.45) is 0 Å². The van der Waals surface area contributed by atoms with E-state index in [2.05, 4.69) is 10.4 Å². The van der Waals surface area contributed by atoms with E-state index in [1.165, 1.54) is 35.2 Å². The van der Waals surface area contributed by atoms with Gasteiger partial charge in [0.25, 0.3) is 0 Å². The van der Waals surface area contributed by atoms with Crippen molar-refractivity contribution in [2.75, 3.05) is 11.1 Å². The Kier molecular flexibility index (Phi) is 6.31. The largest absolute Gasteiger partial charge is 0.324 e. The van der Waals surface area contributed by atoms with E-state index in [1.54, 1.807) is 16.8 Å². The van der Waals surface area contributed by atoms with E-state index in [0.29, 0.717) is 24.7 Å². The molecule has 1 aromatic heterocycles. The minimum Gasteiger partial charge on any atom is -0.324 e. The molecule has 0 bridgehead atoms. The summed E-state index contributed by atoms with van der Waals surface area (Å²) in [4.78, 5) is 12.3. The van der Waals surface area contributed by atoms with Gasteiger partial charge in [0.05, 0.1) is 22.2 Å². The Hall–Kier alpha value is -1.74. The van der Waals surface area contributed by atoms with Crippen LogP contribution in [0.15, 0.2) is 40.7 Å². The lowest BCUT2D eigenvalue weighted by atomic mass is 10.1. The van der Waals surface area contributed by atoms with E-state index in [1.807, 2.05) is 26.0 Å².